The second-order valence-electron chi connectivity index (χ2n) is 7.62. The molecule has 0 aliphatic carbocycles. The van der Waals surface area contributed by atoms with Gasteiger partial charge in [-0.2, -0.15) is 0 Å². The van der Waals surface area contributed by atoms with E-state index >= 15 is 0 Å². The smallest absolute Gasteiger partial charge is 0.295 e. The van der Waals surface area contributed by atoms with Gasteiger partial charge in [0.05, 0.1) is 29.1 Å². The molecule has 3 aromatic carbocycles. The van der Waals surface area contributed by atoms with Gasteiger partial charge in [-0.05, 0) is 48.9 Å². The average Bonchev–Trinajstić information content (AvgIpc) is 3.07. The molecule has 0 spiro atoms. The highest BCUT2D eigenvalue weighted by molar-refractivity contribution is 6.32. The molecule has 32 heavy (non-hydrogen) atoms. The van der Waals surface area contributed by atoms with Gasteiger partial charge in [-0.25, -0.2) is 4.39 Å². The summed E-state index contributed by atoms with van der Waals surface area (Å²) in [5.41, 5.74) is 2.11. The number of rotatable bonds is 3. The molecule has 5 nitrogen and oxygen atoms in total. The number of anilines is 1. The average molecular weight is 450 g/mol. The zero-order chi connectivity index (χ0) is 22.6. The van der Waals surface area contributed by atoms with Crippen molar-refractivity contribution in [3.63, 3.8) is 0 Å². The predicted octanol–water partition coefficient (Wildman–Crippen LogP) is 5.65. The Bertz CT molecular complexity index is 1450. The lowest BCUT2D eigenvalue weighted by molar-refractivity contribution is 0.0971. The van der Waals surface area contributed by atoms with E-state index in [-0.39, 0.29) is 22.3 Å². The van der Waals surface area contributed by atoms with E-state index in [2.05, 4.69) is 0 Å². The first kappa shape index (κ1) is 20.3. The van der Waals surface area contributed by atoms with Crippen LogP contribution in [0.3, 0.4) is 0 Å². The van der Waals surface area contributed by atoms with Crippen LogP contribution in [-0.2, 0) is 0 Å². The summed E-state index contributed by atoms with van der Waals surface area (Å²) in [4.78, 5) is 28.5. The van der Waals surface area contributed by atoms with Gasteiger partial charge in [-0.3, -0.25) is 14.5 Å². The van der Waals surface area contributed by atoms with Crippen molar-refractivity contribution in [3.05, 3.63) is 104 Å². The number of benzene rings is 3. The maximum absolute atomic E-state index is 13.9. The summed E-state index contributed by atoms with van der Waals surface area (Å²) < 4.78 is 24.9. The molecule has 1 aliphatic rings. The number of carbonyl (C=O) groups is 1. The lowest BCUT2D eigenvalue weighted by Crippen LogP contribution is -2.29. The molecule has 7 heteroatoms. The number of methoxy groups -OCH3 is 1. The van der Waals surface area contributed by atoms with E-state index in [0.717, 1.165) is 17.2 Å². The van der Waals surface area contributed by atoms with E-state index in [1.165, 1.54) is 24.1 Å². The molecule has 1 aromatic heterocycles. The third-order valence-corrected chi connectivity index (χ3v) is 5.93. The van der Waals surface area contributed by atoms with Crippen LogP contribution in [0.5, 0.6) is 5.75 Å². The Morgan fingerprint density at radius 2 is 1.78 bits per heavy atom. The standard InChI is InChI=1S/C25H17ClFNO4/c1-13-3-5-14(6-4-13)22-21-23(29)17-11-15(27)7-9-19(17)32-24(21)25(30)28(22)16-8-10-20(31-2)18(26)12-16/h3-12,22H,1-2H3. The van der Waals surface area contributed by atoms with Crippen LogP contribution in [0.4, 0.5) is 10.1 Å². The molecule has 1 atom stereocenters. The predicted molar refractivity (Wildman–Crippen MR) is 120 cm³/mol. The van der Waals surface area contributed by atoms with Gasteiger partial charge < -0.3 is 9.15 Å². The first-order valence-corrected chi connectivity index (χ1v) is 10.3. The third-order valence-electron chi connectivity index (χ3n) is 5.64. The summed E-state index contributed by atoms with van der Waals surface area (Å²) in [5.74, 6) is -0.636. The molecule has 0 fully saturated rings. The van der Waals surface area contributed by atoms with Crippen molar-refractivity contribution in [2.45, 2.75) is 13.0 Å². The Labute approximate surface area is 187 Å². The number of fused-ring (bicyclic) bond motifs is 2. The monoisotopic (exact) mass is 449 g/mol. The Morgan fingerprint density at radius 1 is 1.03 bits per heavy atom. The fourth-order valence-corrected chi connectivity index (χ4v) is 4.33. The molecule has 0 bridgehead atoms. The van der Waals surface area contributed by atoms with Gasteiger partial charge in [-0.15, -0.1) is 0 Å². The van der Waals surface area contributed by atoms with Crippen molar-refractivity contribution < 1.29 is 18.3 Å². The number of halogens is 2. The summed E-state index contributed by atoms with van der Waals surface area (Å²) in [6.45, 7) is 1.95. The Kier molecular flexibility index (Phi) is 4.75. The molecule has 0 saturated carbocycles. The van der Waals surface area contributed by atoms with Crippen molar-refractivity contribution in [1.82, 2.24) is 0 Å². The van der Waals surface area contributed by atoms with Crippen LogP contribution in [0.25, 0.3) is 11.0 Å². The van der Waals surface area contributed by atoms with Gasteiger partial charge in [0, 0.05) is 5.69 Å². The molecule has 1 amide bonds. The van der Waals surface area contributed by atoms with Gasteiger partial charge in [0.1, 0.15) is 17.1 Å². The van der Waals surface area contributed by atoms with Crippen molar-refractivity contribution in [1.29, 1.82) is 0 Å². The molecule has 5 rings (SSSR count). The zero-order valence-corrected chi connectivity index (χ0v) is 17.9. The van der Waals surface area contributed by atoms with Crippen LogP contribution < -0.4 is 15.1 Å². The Balaban J connectivity index is 1.80. The van der Waals surface area contributed by atoms with Gasteiger partial charge in [0.2, 0.25) is 5.76 Å². The van der Waals surface area contributed by atoms with Crippen LogP contribution >= 0.6 is 11.6 Å². The summed E-state index contributed by atoms with van der Waals surface area (Å²) in [6.07, 6.45) is 0. The lowest BCUT2D eigenvalue weighted by Gasteiger charge is -2.25. The minimum absolute atomic E-state index is 0.0633. The second kappa shape index (κ2) is 7.50. The molecular formula is C25H17ClFNO4. The molecule has 1 aliphatic heterocycles. The zero-order valence-electron chi connectivity index (χ0n) is 17.2. The van der Waals surface area contributed by atoms with Crippen LogP contribution in [-0.4, -0.2) is 13.0 Å². The van der Waals surface area contributed by atoms with Crippen LogP contribution in [0.2, 0.25) is 5.02 Å². The highest BCUT2D eigenvalue weighted by Crippen LogP contribution is 2.42. The molecule has 0 N–H and O–H groups in total. The maximum Gasteiger partial charge on any atom is 0.295 e. The number of hydrogen-bond donors (Lipinski definition) is 0. The van der Waals surface area contributed by atoms with E-state index in [1.807, 2.05) is 31.2 Å². The van der Waals surface area contributed by atoms with Gasteiger partial charge in [0.25, 0.3) is 5.91 Å². The summed E-state index contributed by atoms with van der Waals surface area (Å²) in [6, 6.07) is 15.4. The molecule has 1 unspecified atom stereocenters. The molecule has 160 valence electrons. The minimum atomic E-state index is -0.758. The van der Waals surface area contributed by atoms with Gasteiger partial charge in [-0.1, -0.05) is 41.4 Å². The van der Waals surface area contributed by atoms with Crippen LogP contribution in [0, 0.1) is 12.7 Å². The van der Waals surface area contributed by atoms with E-state index < -0.39 is 23.2 Å². The lowest BCUT2D eigenvalue weighted by atomic mass is 9.97. The number of nitrogens with zero attached hydrogens (tertiary/aromatic N) is 1. The highest BCUT2D eigenvalue weighted by Gasteiger charge is 2.43. The summed E-state index contributed by atoms with van der Waals surface area (Å²) in [7, 11) is 1.50. The second-order valence-corrected chi connectivity index (χ2v) is 8.03. The first-order chi connectivity index (χ1) is 15.4. The molecule has 4 aromatic rings. The molecule has 0 saturated heterocycles. The topological polar surface area (TPSA) is 59.8 Å². The number of aryl methyl sites for hydroxylation is 1. The minimum Gasteiger partial charge on any atom is -0.495 e. The summed E-state index contributed by atoms with van der Waals surface area (Å²) >= 11 is 6.33. The van der Waals surface area contributed by atoms with E-state index in [9.17, 15) is 14.0 Å². The quantitative estimate of drug-likeness (QED) is 0.405. The van der Waals surface area contributed by atoms with Gasteiger partial charge in [0.15, 0.2) is 5.43 Å². The van der Waals surface area contributed by atoms with Crippen molar-refractivity contribution in [2.24, 2.45) is 0 Å². The normalized spacial score (nSPS) is 15.3. The Hall–Kier alpha value is -3.64. The number of amides is 1. The molecular weight excluding hydrogens is 433 g/mol. The third kappa shape index (κ3) is 3.07. The SMILES string of the molecule is COc1ccc(N2C(=O)c3oc4ccc(F)cc4c(=O)c3C2c2ccc(C)cc2)cc1Cl. The van der Waals surface area contributed by atoms with Crippen molar-refractivity contribution >= 4 is 34.2 Å². The molecule has 2 heterocycles. The number of ether oxygens (including phenoxy) is 1. The molecule has 0 radical (unpaired) electrons. The highest BCUT2D eigenvalue weighted by atomic mass is 35.5. The van der Waals surface area contributed by atoms with Crippen molar-refractivity contribution in [3.8, 4) is 5.75 Å². The van der Waals surface area contributed by atoms with E-state index in [4.69, 9.17) is 20.8 Å². The van der Waals surface area contributed by atoms with Crippen molar-refractivity contribution in [2.75, 3.05) is 12.0 Å². The van der Waals surface area contributed by atoms with Crippen LogP contribution in [0.1, 0.15) is 33.3 Å². The fourth-order valence-electron chi connectivity index (χ4n) is 4.08. The largest absolute Gasteiger partial charge is 0.495 e. The number of hydrogen-bond acceptors (Lipinski definition) is 4. The first-order valence-electron chi connectivity index (χ1n) is 9.89. The van der Waals surface area contributed by atoms with Crippen LogP contribution in [0.15, 0.2) is 69.9 Å². The maximum atomic E-state index is 13.9. The number of carbonyl (C=O) groups excluding carboxylic acids is 1. The van der Waals surface area contributed by atoms with E-state index in [0.29, 0.717) is 16.5 Å². The van der Waals surface area contributed by atoms with E-state index in [1.54, 1.807) is 18.2 Å². The fraction of sp³-hybridized carbons (Fsp3) is 0.120. The Morgan fingerprint density at radius 3 is 2.47 bits per heavy atom. The summed E-state index contributed by atoms with van der Waals surface area (Å²) in [5, 5.41) is 0.409. The van der Waals surface area contributed by atoms with Gasteiger partial charge >= 0.3 is 0 Å².